The Hall–Kier alpha value is -3.69. The Kier molecular flexibility index (Phi) is 7.38. The highest BCUT2D eigenvalue weighted by molar-refractivity contribution is 5.95. The minimum atomic E-state index is -4.50. The van der Waals surface area contributed by atoms with E-state index in [1.807, 2.05) is 31.2 Å². The third-order valence-electron chi connectivity index (χ3n) is 5.07. The lowest BCUT2D eigenvalue weighted by molar-refractivity contribution is -0.148. The molecule has 7 nitrogen and oxygen atoms in total. The van der Waals surface area contributed by atoms with Gasteiger partial charge in [0.15, 0.2) is 5.82 Å². The second-order valence-corrected chi connectivity index (χ2v) is 8.14. The van der Waals surface area contributed by atoms with Crippen molar-refractivity contribution in [1.29, 1.82) is 0 Å². The Balaban J connectivity index is 1.83. The van der Waals surface area contributed by atoms with Gasteiger partial charge in [0.05, 0.1) is 41.6 Å². The molecule has 1 atom stereocenters. The summed E-state index contributed by atoms with van der Waals surface area (Å²) in [7, 11) is 0. The number of amides is 1. The molecule has 10 heteroatoms. The highest BCUT2D eigenvalue weighted by Gasteiger charge is 2.31. The van der Waals surface area contributed by atoms with Crippen molar-refractivity contribution in [3.8, 4) is 5.82 Å². The summed E-state index contributed by atoms with van der Waals surface area (Å²) in [6.45, 7) is 7.02. The standard InChI is InChI=1S/C24H25F3N4O3/c1-14(2)34-22(32)11-20(17-7-5-15(3)6-8-17)30-23(33)19-13-29-31(16(19)4)21-10-9-18(12-28-21)24(25,26)27/h5-10,12-14,20H,11H2,1-4H3,(H,30,33). The maximum atomic E-state index is 13.1. The molecule has 0 saturated carbocycles. The van der Waals surface area contributed by atoms with Gasteiger partial charge in [-0.1, -0.05) is 29.8 Å². The van der Waals surface area contributed by atoms with Crippen LogP contribution in [0.3, 0.4) is 0 Å². The van der Waals surface area contributed by atoms with Crippen LogP contribution >= 0.6 is 0 Å². The fourth-order valence-corrected chi connectivity index (χ4v) is 3.31. The van der Waals surface area contributed by atoms with Crippen LogP contribution in [-0.4, -0.2) is 32.7 Å². The van der Waals surface area contributed by atoms with Crippen molar-refractivity contribution < 1.29 is 27.5 Å². The van der Waals surface area contributed by atoms with Crippen LogP contribution in [0.2, 0.25) is 0 Å². The van der Waals surface area contributed by atoms with Crippen molar-refractivity contribution >= 4 is 11.9 Å². The first-order chi connectivity index (χ1) is 16.0. The van der Waals surface area contributed by atoms with E-state index in [0.717, 1.165) is 17.2 Å². The summed E-state index contributed by atoms with van der Waals surface area (Å²) in [5, 5.41) is 6.96. The third kappa shape index (κ3) is 6.00. The maximum absolute atomic E-state index is 13.1. The van der Waals surface area contributed by atoms with Gasteiger partial charge in [0.25, 0.3) is 5.91 Å². The second-order valence-electron chi connectivity index (χ2n) is 8.14. The lowest BCUT2D eigenvalue weighted by Gasteiger charge is -2.19. The van der Waals surface area contributed by atoms with E-state index in [-0.39, 0.29) is 23.9 Å². The van der Waals surface area contributed by atoms with E-state index in [1.54, 1.807) is 20.8 Å². The van der Waals surface area contributed by atoms with Crippen molar-refractivity contribution in [1.82, 2.24) is 20.1 Å². The normalized spacial score (nSPS) is 12.5. The average Bonchev–Trinajstić information content (AvgIpc) is 3.14. The van der Waals surface area contributed by atoms with Crippen molar-refractivity contribution in [3.63, 3.8) is 0 Å². The number of ether oxygens (including phenoxy) is 1. The van der Waals surface area contributed by atoms with Crippen LogP contribution in [0.25, 0.3) is 5.82 Å². The van der Waals surface area contributed by atoms with Gasteiger partial charge in [-0.05, 0) is 45.4 Å². The molecule has 2 aromatic heterocycles. The zero-order chi connectivity index (χ0) is 25.0. The average molecular weight is 474 g/mol. The van der Waals surface area contributed by atoms with Crippen LogP contribution < -0.4 is 5.32 Å². The number of rotatable bonds is 7. The van der Waals surface area contributed by atoms with Crippen LogP contribution in [0.5, 0.6) is 0 Å². The lowest BCUT2D eigenvalue weighted by Crippen LogP contribution is -2.31. The second kappa shape index (κ2) is 10.1. The Labute approximate surface area is 195 Å². The smallest absolute Gasteiger partial charge is 0.417 e. The van der Waals surface area contributed by atoms with E-state index >= 15 is 0 Å². The number of halogens is 3. The van der Waals surface area contributed by atoms with Crippen LogP contribution in [0.1, 0.15) is 59.1 Å². The van der Waals surface area contributed by atoms with Crippen LogP contribution in [0.4, 0.5) is 13.2 Å². The van der Waals surface area contributed by atoms with Crippen molar-refractivity contribution in [3.05, 3.63) is 76.7 Å². The number of benzene rings is 1. The van der Waals surface area contributed by atoms with E-state index in [9.17, 15) is 22.8 Å². The van der Waals surface area contributed by atoms with E-state index < -0.39 is 29.7 Å². The molecule has 1 aromatic carbocycles. The van der Waals surface area contributed by atoms with Crippen molar-refractivity contribution in [2.75, 3.05) is 0 Å². The van der Waals surface area contributed by atoms with E-state index in [4.69, 9.17) is 4.74 Å². The first kappa shape index (κ1) is 24.9. The molecule has 2 heterocycles. The van der Waals surface area contributed by atoms with Gasteiger partial charge in [0.2, 0.25) is 0 Å². The monoisotopic (exact) mass is 474 g/mol. The molecule has 0 aliphatic rings. The largest absolute Gasteiger partial charge is 0.463 e. The minimum absolute atomic E-state index is 0.0688. The lowest BCUT2D eigenvalue weighted by atomic mass is 10.0. The number of pyridine rings is 1. The molecule has 34 heavy (non-hydrogen) atoms. The predicted molar refractivity (Wildman–Crippen MR) is 118 cm³/mol. The molecule has 1 amide bonds. The first-order valence-electron chi connectivity index (χ1n) is 10.6. The summed E-state index contributed by atoms with van der Waals surface area (Å²) >= 11 is 0. The van der Waals surface area contributed by atoms with Crippen molar-refractivity contribution in [2.45, 2.75) is 52.4 Å². The molecule has 180 valence electrons. The van der Waals surface area contributed by atoms with Gasteiger partial charge >= 0.3 is 12.1 Å². The van der Waals surface area contributed by atoms with Gasteiger partial charge < -0.3 is 10.1 Å². The Morgan fingerprint density at radius 2 is 1.74 bits per heavy atom. The third-order valence-corrected chi connectivity index (χ3v) is 5.07. The molecule has 0 radical (unpaired) electrons. The summed E-state index contributed by atoms with van der Waals surface area (Å²) in [4.78, 5) is 29.2. The number of hydrogen-bond acceptors (Lipinski definition) is 5. The number of nitrogens with zero attached hydrogens (tertiary/aromatic N) is 3. The van der Waals surface area contributed by atoms with Gasteiger partial charge in [-0.25, -0.2) is 9.67 Å². The van der Waals surface area contributed by atoms with Gasteiger partial charge in [-0.3, -0.25) is 9.59 Å². The van der Waals surface area contributed by atoms with Gasteiger partial charge in [0, 0.05) is 6.20 Å². The number of aromatic nitrogens is 3. The molecule has 0 aliphatic carbocycles. The number of carbonyl (C=O) groups is 2. The molecule has 3 rings (SSSR count). The molecular weight excluding hydrogens is 449 g/mol. The number of aryl methyl sites for hydroxylation is 1. The van der Waals surface area contributed by atoms with Crippen LogP contribution in [0, 0.1) is 13.8 Å². The van der Waals surface area contributed by atoms with E-state index in [0.29, 0.717) is 11.9 Å². The molecule has 3 aromatic rings. The molecule has 0 aliphatic heterocycles. The maximum Gasteiger partial charge on any atom is 0.417 e. The summed E-state index contributed by atoms with van der Waals surface area (Å²) in [5.41, 5.74) is 1.47. The summed E-state index contributed by atoms with van der Waals surface area (Å²) in [5.74, 6) is -0.805. The number of nitrogens with one attached hydrogen (secondary N) is 1. The predicted octanol–water partition coefficient (Wildman–Crippen LogP) is 4.72. The molecule has 1 unspecified atom stereocenters. The van der Waals surface area contributed by atoms with Gasteiger partial charge in [-0.15, -0.1) is 0 Å². The quantitative estimate of drug-likeness (QED) is 0.501. The van der Waals surface area contributed by atoms with E-state index in [1.165, 1.54) is 16.9 Å². The number of hydrogen-bond donors (Lipinski definition) is 1. The highest BCUT2D eigenvalue weighted by atomic mass is 19.4. The first-order valence-corrected chi connectivity index (χ1v) is 10.6. The summed E-state index contributed by atoms with van der Waals surface area (Å²) in [6.07, 6.45) is -2.84. The van der Waals surface area contributed by atoms with Gasteiger partial charge in [-0.2, -0.15) is 18.3 Å². The molecular formula is C24H25F3N4O3. The number of carbonyl (C=O) groups excluding carboxylic acids is 2. The SMILES string of the molecule is Cc1ccc(C(CC(=O)OC(C)C)NC(=O)c2cnn(-c3ccc(C(F)(F)F)cn3)c2C)cc1. The Morgan fingerprint density at radius 1 is 1.06 bits per heavy atom. The van der Waals surface area contributed by atoms with E-state index in [2.05, 4.69) is 15.4 Å². The topological polar surface area (TPSA) is 86.1 Å². The number of alkyl halides is 3. The van der Waals surface area contributed by atoms with Crippen LogP contribution in [0.15, 0.2) is 48.8 Å². The summed E-state index contributed by atoms with van der Waals surface area (Å²) in [6, 6.07) is 8.84. The van der Waals surface area contributed by atoms with Gasteiger partial charge in [0.1, 0.15) is 0 Å². The van der Waals surface area contributed by atoms with Crippen molar-refractivity contribution in [2.24, 2.45) is 0 Å². The Bertz CT molecular complexity index is 1150. The van der Waals surface area contributed by atoms with Crippen LogP contribution in [-0.2, 0) is 15.7 Å². The molecule has 0 spiro atoms. The highest BCUT2D eigenvalue weighted by Crippen LogP contribution is 2.29. The molecule has 0 fully saturated rings. The zero-order valence-corrected chi connectivity index (χ0v) is 19.2. The summed E-state index contributed by atoms with van der Waals surface area (Å²) < 4.78 is 44.9. The zero-order valence-electron chi connectivity index (χ0n) is 19.2. The Morgan fingerprint density at radius 3 is 2.29 bits per heavy atom. The molecule has 0 bridgehead atoms. The number of esters is 1. The fourth-order valence-electron chi connectivity index (χ4n) is 3.31. The fraction of sp³-hybridized carbons (Fsp3) is 0.333. The minimum Gasteiger partial charge on any atom is -0.463 e. The molecule has 0 saturated heterocycles. The molecule has 1 N–H and O–H groups in total.